The number of nitrogens with one attached hydrogen (secondary N) is 1. The van der Waals surface area contributed by atoms with E-state index < -0.39 is 0 Å². The van der Waals surface area contributed by atoms with E-state index in [2.05, 4.69) is 10.4 Å². The average molecular weight is 180 g/mol. The summed E-state index contributed by atoms with van der Waals surface area (Å²) in [6, 6.07) is 0. The number of piperidine rings is 1. The quantitative estimate of drug-likeness (QED) is 0.693. The second kappa shape index (κ2) is 3.92. The topological polar surface area (TPSA) is 32.3 Å². The second-order valence-corrected chi connectivity index (χ2v) is 3.80. The lowest BCUT2D eigenvalue weighted by atomic mass is 10.2. The van der Waals surface area contributed by atoms with Gasteiger partial charge in [-0.3, -0.25) is 4.79 Å². The highest BCUT2D eigenvalue weighted by atomic mass is 16.1. The number of carbonyl (C=O) groups excluding carboxylic acids is 1. The fourth-order valence-electron chi connectivity index (χ4n) is 1.89. The minimum Gasteiger partial charge on any atom is -0.323 e. The monoisotopic (exact) mass is 180 g/mol. The van der Waals surface area contributed by atoms with Gasteiger partial charge in [-0.15, -0.1) is 0 Å². The van der Waals surface area contributed by atoms with Crippen molar-refractivity contribution in [1.29, 1.82) is 0 Å². The molecular weight excluding hydrogens is 164 g/mol. The highest BCUT2D eigenvalue weighted by Crippen LogP contribution is 2.14. The van der Waals surface area contributed by atoms with E-state index in [1.54, 1.807) is 6.08 Å². The molecule has 1 fully saturated rings. The molecule has 0 aromatic carbocycles. The summed E-state index contributed by atoms with van der Waals surface area (Å²) in [5.74, 6) is 0.263. The van der Waals surface area contributed by atoms with Crippen LogP contribution in [0, 0.1) is 0 Å². The largest absolute Gasteiger partial charge is 0.323 e. The Balaban J connectivity index is 1.83. The molecule has 1 aliphatic carbocycles. The number of carbonyl (C=O) groups is 1. The van der Waals surface area contributed by atoms with E-state index in [0.29, 0.717) is 6.42 Å². The van der Waals surface area contributed by atoms with Crippen molar-refractivity contribution >= 4 is 5.78 Å². The predicted octanol–water partition coefficient (Wildman–Crippen LogP) is 1.22. The number of ketones is 1. The molecule has 1 heterocycles. The Hall–Kier alpha value is -0.830. The molecule has 0 atom stereocenters. The molecule has 1 N–H and O–H groups in total. The zero-order valence-corrected chi connectivity index (χ0v) is 7.88. The molecule has 3 heteroatoms. The van der Waals surface area contributed by atoms with Crippen molar-refractivity contribution in [3.8, 4) is 0 Å². The van der Waals surface area contributed by atoms with Crippen LogP contribution in [0.15, 0.2) is 11.8 Å². The highest BCUT2D eigenvalue weighted by molar-refractivity contribution is 5.92. The summed E-state index contributed by atoms with van der Waals surface area (Å²) in [6.07, 6.45) is 7.22. The summed E-state index contributed by atoms with van der Waals surface area (Å²) in [5, 5.41) is 2.23. The summed E-state index contributed by atoms with van der Waals surface area (Å²) in [6.45, 7) is 2.23. The van der Waals surface area contributed by atoms with Gasteiger partial charge in [0.25, 0.3) is 0 Å². The molecule has 13 heavy (non-hydrogen) atoms. The van der Waals surface area contributed by atoms with Crippen LogP contribution in [0.2, 0.25) is 0 Å². The molecule has 0 radical (unpaired) electrons. The molecule has 2 rings (SSSR count). The van der Waals surface area contributed by atoms with Crippen LogP contribution < -0.4 is 5.43 Å². The number of nitrogens with zero attached hydrogens (tertiary/aromatic N) is 1. The number of hydrogen-bond acceptors (Lipinski definition) is 3. The number of hydrazine groups is 1. The van der Waals surface area contributed by atoms with Gasteiger partial charge >= 0.3 is 0 Å². The van der Waals surface area contributed by atoms with E-state index >= 15 is 0 Å². The Kier molecular flexibility index (Phi) is 2.64. The summed E-state index contributed by atoms with van der Waals surface area (Å²) in [7, 11) is 0. The lowest BCUT2D eigenvalue weighted by molar-refractivity contribution is -0.114. The first-order chi connectivity index (χ1) is 6.34. The minimum atomic E-state index is 0.263. The maximum absolute atomic E-state index is 11.0. The van der Waals surface area contributed by atoms with Crippen molar-refractivity contribution < 1.29 is 4.79 Å². The Bertz CT molecular complexity index is 229. The smallest absolute Gasteiger partial charge is 0.157 e. The number of hydrogen-bond donors (Lipinski definition) is 1. The van der Waals surface area contributed by atoms with Gasteiger partial charge in [-0.25, -0.2) is 5.01 Å². The zero-order valence-electron chi connectivity index (χ0n) is 7.88. The third-order valence-electron chi connectivity index (χ3n) is 2.63. The molecule has 0 saturated carbocycles. The van der Waals surface area contributed by atoms with Gasteiger partial charge in [-0.2, -0.15) is 0 Å². The summed E-state index contributed by atoms with van der Waals surface area (Å²) >= 11 is 0. The van der Waals surface area contributed by atoms with Crippen LogP contribution >= 0.6 is 0 Å². The molecule has 0 unspecified atom stereocenters. The summed E-state index contributed by atoms with van der Waals surface area (Å²) in [4.78, 5) is 11.0. The molecule has 72 valence electrons. The fourth-order valence-corrected chi connectivity index (χ4v) is 1.89. The van der Waals surface area contributed by atoms with Crippen molar-refractivity contribution in [3.05, 3.63) is 11.8 Å². The lowest BCUT2D eigenvalue weighted by Gasteiger charge is -2.28. The maximum Gasteiger partial charge on any atom is 0.157 e. The number of allylic oxidation sites excluding steroid dienone is 2. The molecule has 1 saturated heterocycles. The molecule has 0 spiro atoms. The van der Waals surface area contributed by atoms with E-state index in [4.69, 9.17) is 0 Å². The van der Waals surface area contributed by atoms with Crippen molar-refractivity contribution in [2.24, 2.45) is 0 Å². The van der Waals surface area contributed by atoms with Crippen LogP contribution in [0.5, 0.6) is 0 Å². The third kappa shape index (κ3) is 2.31. The van der Waals surface area contributed by atoms with E-state index in [-0.39, 0.29) is 5.78 Å². The Morgan fingerprint density at radius 3 is 2.54 bits per heavy atom. The van der Waals surface area contributed by atoms with Gasteiger partial charge in [0.05, 0.1) is 0 Å². The number of rotatable bonds is 2. The van der Waals surface area contributed by atoms with E-state index in [1.165, 1.54) is 19.3 Å². The molecule has 0 aromatic heterocycles. The molecule has 1 aliphatic heterocycles. The molecule has 0 bridgehead atoms. The summed E-state index contributed by atoms with van der Waals surface area (Å²) < 4.78 is 0. The van der Waals surface area contributed by atoms with Gasteiger partial charge in [0, 0.05) is 31.3 Å². The molecule has 0 amide bonds. The van der Waals surface area contributed by atoms with E-state index in [1.807, 2.05) is 0 Å². The first-order valence-electron chi connectivity index (χ1n) is 5.09. The molecule has 3 nitrogen and oxygen atoms in total. The minimum absolute atomic E-state index is 0.263. The first kappa shape index (κ1) is 8.75. The van der Waals surface area contributed by atoms with E-state index in [9.17, 15) is 4.79 Å². The van der Waals surface area contributed by atoms with Gasteiger partial charge < -0.3 is 5.43 Å². The van der Waals surface area contributed by atoms with Crippen LogP contribution in [-0.2, 0) is 4.79 Å². The fraction of sp³-hybridized carbons (Fsp3) is 0.700. The van der Waals surface area contributed by atoms with Gasteiger partial charge in [0.15, 0.2) is 5.78 Å². The summed E-state index contributed by atoms with van der Waals surface area (Å²) in [5.41, 5.74) is 4.43. The second-order valence-electron chi connectivity index (χ2n) is 3.80. The van der Waals surface area contributed by atoms with Gasteiger partial charge in [-0.1, -0.05) is 6.42 Å². The standard InChI is InChI=1S/C10H16N2O/c13-10-5-4-9(8-10)11-12-6-2-1-3-7-12/h8,11H,1-7H2. The van der Waals surface area contributed by atoms with Crippen molar-refractivity contribution in [2.75, 3.05) is 13.1 Å². The molecule has 2 aliphatic rings. The normalized spacial score (nSPS) is 24.6. The van der Waals surface area contributed by atoms with Gasteiger partial charge in [0.1, 0.15) is 0 Å². The van der Waals surface area contributed by atoms with E-state index in [0.717, 1.165) is 25.2 Å². The Morgan fingerprint density at radius 1 is 1.15 bits per heavy atom. The molecule has 0 aromatic rings. The highest BCUT2D eigenvalue weighted by Gasteiger charge is 2.15. The van der Waals surface area contributed by atoms with Crippen molar-refractivity contribution in [1.82, 2.24) is 10.4 Å². The predicted molar refractivity (Wildman–Crippen MR) is 50.9 cm³/mol. The maximum atomic E-state index is 11.0. The zero-order chi connectivity index (χ0) is 9.10. The van der Waals surface area contributed by atoms with Crippen LogP contribution in [-0.4, -0.2) is 23.9 Å². The average Bonchev–Trinajstić information content (AvgIpc) is 2.53. The van der Waals surface area contributed by atoms with Crippen LogP contribution in [0.4, 0.5) is 0 Å². The van der Waals surface area contributed by atoms with Crippen molar-refractivity contribution in [3.63, 3.8) is 0 Å². The van der Waals surface area contributed by atoms with Gasteiger partial charge in [0.2, 0.25) is 0 Å². The Labute approximate surface area is 78.8 Å². The van der Waals surface area contributed by atoms with Gasteiger partial charge in [-0.05, 0) is 19.3 Å². The van der Waals surface area contributed by atoms with Crippen molar-refractivity contribution in [2.45, 2.75) is 32.1 Å². The molecular formula is C10H16N2O. The van der Waals surface area contributed by atoms with Crippen LogP contribution in [0.1, 0.15) is 32.1 Å². The third-order valence-corrected chi connectivity index (χ3v) is 2.63. The Morgan fingerprint density at radius 2 is 1.92 bits per heavy atom. The SMILES string of the molecule is O=C1C=C(NN2CCCCC2)CC1. The lowest BCUT2D eigenvalue weighted by Crippen LogP contribution is -2.40. The van der Waals surface area contributed by atoms with Crippen LogP contribution in [0.25, 0.3) is 0 Å². The van der Waals surface area contributed by atoms with Crippen LogP contribution in [0.3, 0.4) is 0 Å². The first-order valence-corrected chi connectivity index (χ1v) is 5.09.